The highest BCUT2D eigenvalue weighted by Gasteiger charge is 2.10. The Bertz CT molecular complexity index is 609. The van der Waals surface area contributed by atoms with Gasteiger partial charge in [0, 0.05) is 17.8 Å². The van der Waals surface area contributed by atoms with Gasteiger partial charge in [0.2, 0.25) is 0 Å². The first-order valence-corrected chi connectivity index (χ1v) is 6.09. The first-order valence-electron chi connectivity index (χ1n) is 6.09. The van der Waals surface area contributed by atoms with Crippen molar-refractivity contribution in [2.75, 3.05) is 25.3 Å². The second kappa shape index (κ2) is 5.69. The fraction of sp³-hybridized carbons (Fsp3) is 0.200. The van der Waals surface area contributed by atoms with E-state index >= 15 is 0 Å². The molecule has 3 N–H and O–H groups in total. The van der Waals surface area contributed by atoms with E-state index in [9.17, 15) is 4.39 Å². The number of rotatable bonds is 4. The van der Waals surface area contributed by atoms with E-state index in [0.717, 1.165) is 5.56 Å². The third-order valence-corrected chi connectivity index (χ3v) is 2.88. The van der Waals surface area contributed by atoms with Crippen molar-refractivity contribution in [1.29, 1.82) is 0 Å². The summed E-state index contributed by atoms with van der Waals surface area (Å²) in [4.78, 5) is 0. The summed E-state index contributed by atoms with van der Waals surface area (Å²) in [6.07, 6.45) is 0. The van der Waals surface area contributed by atoms with Crippen LogP contribution in [0.3, 0.4) is 0 Å². The summed E-state index contributed by atoms with van der Waals surface area (Å²) >= 11 is 0. The monoisotopic (exact) mass is 276 g/mol. The molecule has 0 bridgehead atoms. The highest BCUT2D eigenvalue weighted by atomic mass is 19.1. The quantitative estimate of drug-likeness (QED) is 0.839. The van der Waals surface area contributed by atoms with Gasteiger partial charge in [-0.15, -0.1) is 0 Å². The number of nitrogen functional groups attached to an aromatic ring is 1. The van der Waals surface area contributed by atoms with E-state index in [4.69, 9.17) is 15.2 Å². The van der Waals surface area contributed by atoms with Gasteiger partial charge in [0.05, 0.1) is 25.6 Å². The first-order chi connectivity index (χ1) is 9.53. The molecular weight excluding hydrogens is 259 g/mol. The van der Waals surface area contributed by atoms with Crippen LogP contribution < -0.4 is 20.5 Å². The maximum absolute atomic E-state index is 13.4. The van der Waals surface area contributed by atoms with Gasteiger partial charge >= 0.3 is 0 Å². The maximum atomic E-state index is 13.4. The molecule has 0 saturated heterocycles. The van der Waals surface area contributed by atoms with E-state index in [1.165, 1.54) is 12.1 Å². The van der Waals surface area contributed by atoms with Crippen molar-refractivity contribution >= 4 is 17.1 Å². The normalized spacial score (nSPS) is 10.2. The number of hydrogen-bond acceptors (Lipinski definition) is 4. The Balaban J connectivity index is 2.37. The molecule has 0 fully saturated rings. The first kappa shape index (κ1) is 14.0. The molecule has 0 unspecified atom stereocenters. The number of anilines is 3. The average Bonchev–Trinajstić information content (AvgIpc) is 2.39. The van der Waals surface area contributed by atoms with Gasteiger partial charge in [0.1, 0.15) is 5.82 Å². The van der Waals surface area contributed by atoms with E-state index in [0.29, 0.717) is 28.6 Å². The van der Waals surface area contributed by atoms with Gasteiger partial charge in [0.15, 0.2) is 11.5 Å². The molecule has 0 aliphatic carbocycles. The minimum atomic E-state index is -0.299. The van der Waals surface area contributed by atoms with Crippen molar-refractivity contribution in [1.82, 2.24) is 0 Å². The molecule has 2 aromatic rings. The number of nitrogens with one attached hydrogen (secondary N) is 1. The van der Waals surface area contributed by atoms with E-state index in [1.807, 2.05) is 13.0 Å². The number of aryl methyl sites for hydroxylation is 1. The van der Waals surface area contributed by atoms with Gasteiger partial charge in [-0.25, -0.2) is 4.39 Å². The van der Waals surface area contributed by atoms with Gasteiger partial charge in [-0.05, 0) is 30.7 Å². The van der Waals surface area contributed by atoms with Gasteiger partial charge in [0.25, 0.3) is 0 Å². The van der Waals surface area contributed by atoms with Crippen molar-refractivity contribution in [2.24, 2.45) is 0 Å². The molecule has 0 atom stereocenters. The molecule has 20 heavy (non-hydrogen) atoms. The summed E-state index contributed by atoms with van der Waals surface area (Å²) < 4.78 is 23.8. The Morgan fingerprint density at radius 3 is 2.25 bits per heavy atom. The van der Waals surface area contributed by atoms with Crippen LogP contribution in [0.2, 0.25) is 0 Å². The summed E-state index contributed by atoms with van der Waals surface area (Å²) in [6.45, 7) is 1.83. The molecule has 0 amide bonds. The molecule has 5 heteroatoms. The second-order valence-electron chi connectivity index (χ2n) is 4.44. The summed E-state index contributed by atoms with van der Waals surface area (Å²) in [6, 6.07) is 8.08. The van der Waals surface area contributed by atoms with Crippen molar-refractivity contribution < 1.29 is 13.9 Å². The van der Waals surface area contributed by atoms with Crippen LogP contribution in [0.15, 0.2) is 30.3 Å². The molecule has 0 heterocycles. The number of hydrogen-bond donors (Lipinski definition) is 2. The fourth-order valence-corrected chi connectivity index (χ4v) is 1.97. The standard InChI is InChI=1S/C15H17FN2O2/c1-9-4-10(16)6-11(5-9)18-13-8-15(20-3)14(19-2)7-12(13)17/h4-8,18H,17H2,1-3H3. The van der Waals surface area contributed by atoms with Crippen LogP contribution >= 0.6 is 0 Å². The SMILES string of the molecule is COc1cc(N)c(Nc2cc(C)cc(F)c2)cc1OC. The summed E-state index contributed by atoms with van der Waals surface area (Å²) in [5.41, 5.74) is 8.53. The van der Waals surface area contributed by atoms with E-state index < -0.39 is 0 Å². The van der Waals surface area contributed by atoms with Crippen LogP contribution in [0.4, 0.5) is 21.5 Å². The van der Waals surface area contributed by atoms with Gasteiger partial charge in [-0.2, -0.15) is 0 Å². The molecule has 106 valence electrons. The van der Waals surface area contributed by atoms with E-state index in [2.05, 4.69) is 5.32 Å². The van der Waals surface area contributed by atoms with Crippen molar-refractivity contribution in [3.8, 4) is 11.5 Å². The number of benzene rings is 2. The van der Waals surface area contributed by atoms with Crippen molar-refractivity contribution in [3.63, 3.8) is 0 Å². The molecule has 0 radical (unpaired) electrons. The predicted octanol–water partition coefficient (Wildman–Crippen LogP) is 3.48. The Morgan fingerprint density at radius 1 is 1.00 bits per heavy atom. The Kier molecular flexibility index (Phi) is 3.98. The van der Waals surface area contributed by atoms with Crippen LogP contribution in [0.25, 0.3) is 0 Å². The molecule has 2 aromatic carbocycles. The number of methoxy groups -OCH3 is 2. The van der Waals surface area contributed by atoms with Crippen LogP contribution in [-0.4, -0.2) is 14.2 Å². The lowest BCUT2D eigenvalue weighted by molar-refractivity contribution is 0.355. The van der Waals surface area contributed by atoms with Gasteiger partial charge < -0.3 is 20.5 Å². The largest absolute Gasteiger partial charge is 0.493 e. The summed E-state index contributed by atoms with van der Waals surface area (Å²) in [5.74, 6) is 0.801. The minimum absolute atomic E-state index is 0.299. The van der Waals surface area contributed by atoms with Crippen molar-refractivity contribution in [3.05, 3.63) is 41.7 Å². The molecule has 0 aliphatic heterocycles. The Labute approximate surface area is 117 Å². The van der Waals surface area contributed by atoms with Crippen LogP contribution in [0, 0.1) is 12.7 Å². The smallest absolute Gasteiger partial charge is 0.162 e. The minimum Gasteiger partial charge on any atom is -0.493 e. The lowest BCUT2D eigenvalue weighted by Gasteiger charge is -2.14. The van der Waals surface area contributed by atoms with E-state index in [1.54, 1.807) is 26.4 Å². The molecule has 4 nitrogen and oxygen atoms in total. The Morgan fingerprint density at radius 2 is 1.65 bits per heavy atom. The highest BCUT2D eigenvalue weighted by Crippen LogP contribution is 2.36. The molecule has 0 aromatic heterocycles. The number of ether oxygens (including phenoxy) is 2. The number of nitrogens with two attached hydrogens (primary N) is 1. The maximum Gasteiger partial charge on any atom is 0.162 e. The van der Waals surface area contributed by atoms with Crippen molar-refractivity contribution in [2.45, 2.75) is 6.92 Å². The third-order valence-electron chi connectivity index (χ3n) is 2.88. The number of halogens is 1. The highest BCUT2D eigenvalue weighted by molar-refractivity contribution is 5.76. The fourth-order valence-electron chi connectivity index (χ4n) is 1.97. The Hall–Kier alpha value is -2.43. The molecule has 0 aliphatic rings. The predicted molar refractivity (Wildman–Crippen MR) is 78.4 cm³/mol. The molecule has 0 saturated carbocycles. The van der Waals surface area contributed by atoms with E-state index in [-0.39, 0.29) is 5.82 Å². The topological polar surface area (TPSA) is 56.5 Å². The zero-order valence-corrected chi connectivity index (χ0v) is 11.7. The lowest BCUT2D eigenvalue weighted by atomic mass is 10.2. The van der Waals surface area contributed by atoms with Crippen LogP contribution in [0.5, 0.6) is 11.5 Å². The van der Waals surface area contributed by atoms with Gasteiger partial charge in [-0.3, -0.25) is 0 Å². The van der Waals surface area contributed by atoms with Gasteiger partial charge in [-0.1, -0.05) is 0 Å². The lowest BCUT2D eigenvalue weighted by Crippen LogP contribution is -2.00. The molecular formula is C15H17FN2O2. The van der Waals surface area contributed by atoms with Crippen LogP contribution in [-0.2, 0) is 0 Å². The van der Waals surface area contributed by atoms with Crippen LogP contribution in [0.1, 0.15) is 5.56 Å². The summed E-state index contributed by atoms with van der Waals surface area (Å²) in [5, 5.41) is 3.08. The third kappa shape index (κ3) is 2.93. The second-order valence-corrected chi connectivity index (χ2v) is 4.44. The summed E-state index contributed by atoms with van der Waals surface area (Å²) in [7, 11) is 3.09. The molecule has 0 spiro atoms. The molecule has 2 rings (SSSR count). The zero-order chi connectivity index (χ0) is 14.7. The average molecular weight is 276 g/mol. The zero-order valence-electron chi connectivity index (χ0n) is 11.7.